The highest BCUT2D eigenvalue weighted by molar-refractivity contribution is 5.89. The van der Waals surface area contributed by atoms with E-state index in [1.165, 1.54) is 32.4 Å². The number of methoxy groups -OCH3 is 2. The van der Waals surface area contributed by atoms with E-state index in [9.17, 15) is 10.5 Å². The van der Waals surface area contributed by atoms with Crippen LogP contribution in [-0.2, 0) is 6.42 Å². The van der Waals surface area contributed by atoms with Crippen LogP contribution in [0.4, 0.5) is 17.1 Å². The first-order chi connectivity index (χ1) is 39.3. The molecule has 80 heavy (non-hydrogen) atoms. The normalized spacial score (nSPS) is 15.8. The lowest BCUT2D eigenvalue weighted by Gasteiger charge is -2.30. The highest BCUT2D eigenvalue weighted by Gasteiger charge is 2.25. The Morgan fingerprint density at radius 2 is 1.35 bits per heavy atom. The lowest BCUT2D eigenvalue weighted by Crippen LogP contribution is -2.51. The minimum absolute atomic E-state index is 0.179. The molecule has 0 heterocycles. The molecule has 6 heteroatoms. The molecule has 0 aromatic heterocycles. The zero-order valence-electron chi connectivity index (χ0n) is 50.3. The third kappa shape index (κ3) is 14.3. The Labute approximate surface area is 480 Å². The molecule has 0 fully saturated rings. The average Bonchev–Trinajstić information content (AvgIpc) is 4.00. The van der Waals surface area contributed by atoms with Gasteiger partial charge >= 0.3 is 0 Å². The number of benzene rings is 6. The number of anilines is 3. The quantitative estimate of drug-likeness (QED) is 0.115. The number of para-hydroxylation sites is 2. The van der Waals surface area contributed by atoms with Gasteiger partial charge < -0.3 is 19.3 Å². The van der Waals surface area contributed by atoms with Crippen molar-refractivity contribution in [2.45, 2.75) is 128 Å². The first-order valence-corrected chi connectivity index (χ1v) is 29.3. The molecule has 6 aromatic carbocycles. The summed E-state index contributed by atoms with van der Waals surface area (Å²) in [5.74, 6) is 1.79. The van der Waals surface area contributed by atoms with Gasteiger partial charge in [-0.25, -0.2) is 0 Å². The molecular formula is C74H86N4O2. The molecule has 0 radical (unpaired) electrons. The second-order valence-corrected chi connectivity index (χ2v) is 18.7. The fourth-order valence-electron chi connectivity index (χ4n) is 10.5. The van der Waals surface area contributed by atoms with Crippen molar-refractivity contribution < 1.29 is 9.47 Å². The van der Waals surface area contributed by atoms with Crippen LogP contribution >= 0.6 is 0 Å². The number of rotatable bonds is 13. The maximum Gasteiger partial charge on any atom is 0.150 e. The molecular weight excluding hydrogens is 977 g/mol. The molecule has 0 bridgehead atoms. The maximum atomic E-state index is 10.1. The zero-order valence-corrected chi connectivity index (χ0v) is 50.3. The predicted octanol–water partition coefficient (Wildman–Crippen LogP) is 17.5. The lowest BCUT2D eigenvalue weighted by molar-refractivity contribution is 0.409. The van der Waals surface area contributed by atoms with Gasteiger partial charge in [0.2, 0.25) is 0 Å². The van der Waals surface area contributed by atoms with E-state index in [4.69, 9.17) is 9.47 Å². The molecule has 0 saturated heterocycles. The molecule has 6 aromatic rings. The fourth-order valence-corrected chi connectivity index (χ4v) is 10.5. The highest BCUT2D eigenvalue weighted by Crippen LogP contribution is 2.44. The van der Waals surface area contributed by atoms with Crippen LogP contribution in [0.3, 0.4) is 0 Å². The summed E-state index contributed by atoms with van der Waals surface area (Å²) in [6.45, 7) is 24.7. The van der Waals surface area contributed by atoms with Crippen molar-refractivity contribution in [1.29, 1.82) is 10.5 Å². The minimum atomic E-state index is -0.179. The Balaban J connectivity index is 0.00000141. The second kappa shape index (κ2) is 31.9. The van der Waals surface area contributed by atoms with Crippen LogP contribution in [0.25, 0.3) is 45.7 Å². The minimum Gasteiger partial charge on any atom is -0.496 e. The van der Waals surface area contributed by atoms with Gasteiger partial charge in [0.05, 0.1) is 49.2 Å². The van der Waals surface area contributed by atoms with E-state index in [-0.39, 0.29) is 5.92 Å². The summed E-state index contributed by atoms with van der Waals surface area (Å²) in [5.41, 5.74) is 14.5. The van der Waals surface area contributed by atoms with Crippen molar-refractivity contribution in [1.82, 2.24) is 0 Å². The smallest absolute Gasteiger partial charge is 0.150 e. The molecule has 3 aliphatic carbocycles. The number of hydrogen-bond acceptors (Lipinski definition) is 6. The van der Waals surface area contributed by atoms with Gasteiger partial charge in [-0.05, 0) is 143 Å². The van der Waals surface area contributed by atoms with Crippen LogP contribution in [0.5, 0.6) is 11.5 Å². The van der Waals surface area contributed by atoms with E-state index in [0.717, 1.165) is 98.8 Å². The number of ether oxygens (including phenoxy) is 2. The summed E-state index contributed by atoms with van der Waals surface area (Å²) < 4.78 is 12.6. The topological polar surface area (TPSA) is 72.5 Å². The van der Waals surface area contributed by atoms with Crippen LogP contribution in [0, 0.1) is 28.6 Å². The summed E-state index contributed by atoms with van der Waals surface area (Å²) in [6, 6.07) is 47.6. The summed E-state index contributed by atoms with van der Waals surface area (Å²) >= 11 is 0. The number of aryl methyl sites for hydroxylation is 1. The van der Waals surface area contributed by atoms with E-state index in [1.54, 1.807) is 14.2 Å². The standard InChI is InChI=1S/C66H62N4O2.4C2H6/c1-7-17-52-42-56(69(54-37-33-48(44-68)34-38-54)55-25-14-22-51(41-55)58-28-15-27-57(45(3)4)65(58)71-5)24-13-20-49-35-39-60-61(64(49)52)26-9-10-30-62(60)70(53-23-12-19-47(43-67)32-36-53)63-31-16-29-59(66(63)72-6)50-21-11-18-46(8-2)40-50;4*1-2/h7,10-11,14-18,20-41,45,47H,8-9,12-13,19,42H2,1-6H3;4*1-2H3/b17-7-,49-20-,56-24+,64-52+;;;;. The summed E-state index contributed by atoms with van der Waals surface area (Å²) in [6.07, 6.45) is 27.0. The van der Waals surface area contributed by atoms with Gasteiger partial charge in [-0.15, -0.1) is 0 Å². The van der Waals surface area contributed by atoms with E-state index < -0.39 is 0 Å². The van der Waals surface area contributed by atoms with Gasteiger partial charge in [-0.2, -0.15) is 10.5 Å². The van der Waals surface area contributed by atoms with Gasteiger partial charge in [0.25, 0.3) is 0 Å². The van der Waals surface area contributed by atoms with Gasteiger partial charge in [0, 0.05) is 45.5 Å². The number of allylic oxidation sites excluding steroid dienone is 8. The monoisotopic (exact) mass is 1060 g/mol. The molecule has 0 spiro atoms. The van der Waals surface area contributed by atoms with Crippen LogP contribution < -0.4 is 40.1 Å². The number of hydrogen-bond donors (Lipinski definition) is 0. The van der Waals surface area contributed by atoms with Crippen LogP contribution in [-0.4, -0.2) is 14.2 Å². The van der Waals surface area contributed by atoms with Crippen molar-refractivity contribution in [3.8, 4) is 45.9 Å². The molecule has 0 N–H and O–H groups in total. The second-order valence-electron chi connectivity index (χ2n) is 18.7. The Hall–Kier alpha value is -8.32. The van der Waals surface area contributed by atoms with Crippen LogP contribution in [0.2, 0.25) is 0 Å². The number of fused-ring (bicyclic) bond motifs is 3. The van der Waals surface area contributed by atoms with Gasteiger partial charge in [-0.1, -0.05) is 204 Å². The molecule has 3 aliphatic rings. The summed E-state index contributed by atoms with van der Waals surface area (Å²) in [5, 5.41) is 24.6. The molecule has 0 aliphatic heterocycles. The van der Waals surface area contributed by atoms with Crippen molar-refractivity contribution in [2.75, 3.05) is 24.0 Å². The van der Waals surface area contributed by atoms with Gasteiger partial charge in [-0.3, -0.25) is 0 Å². The Morgan fingerprint density at radius 1 is 0.675 bits per heavy atom. The van der Waals surface area contributed by atoms with Crippen LogP contribution in [0.15, 0.2) is 181 Å². The molecule has 0 saturated carbocycles. The molecule has 1 atom stereocenters. The third-order valence-electron chi connectivity index (χ3n) is 13.9. The number of nitrogens with zero attached hydrogens (tertiary/aromatic N) is 4. The SMILES string of the molecule is CC.CC.CC.CC.C\C=C/C1=c2\c3c(cc\c2=C\C/C=C(/N(c2ccc(C#N)cc2)c2cccc(-c4cccc(C(C)C)c4OC)c2)C1)=C(N(C1=CCCC(C#N)C=C1)c1cccc(-c2cccc(CC)c2)c1OC)C=CCC=3. The molecule has 0 amide bonds. The van der Waals surface area contributed by atoms with Crippen molar-refractivity contribution in [3.05, 3.63) is 219 Å². The van der Waals surface area contributed by atoms with Crippen LogP contribution in [0.1, 0.15) is 138 Å². The Morgan fingerprint density at radius 3 is 2.01 bits per heavy atom. The van der Waals surface area contributed by atoms with E-state index in [1.807, 2.05) is 67.5 Å². The number of nitriles is 2. The van der Waals surface area contributed by atoms with Crippen molar-refractivity contribution in [2.24, 2.45) is 5.92 Å². The molecule has 9 rings (SSSR count). The van der Waals surface area contributed by atoms with Gasteiger partial charge in [0.15, 0.2) is 5.75 Å². The first kappa shape index (κ1) is 62.5. The molecule has 1 unspecified atom stereocenters. The lowest BCUT2D eigenvalue weighted by atomic mass is 9.94. The summed E-state index contributed by atoms with van der Waals surface area (Å²) in [4.78, 5) is 4.70. The van der Waals surface area contributed by atoms with Crippen molar-refractivity contribution in [3.63, 3.8) is 0 Å². The van der Waals surface area contributed by atoms with E-state index in [0.29, 0.717) is 24.3 Å². The average molecular weight is 1060 g/mol. The van der Waals surface area contributed by atoms with E-state index >= 15 is 0 Å². The van der Waals surface area contributed by atoms with Crippen molar-refractivity contribution >= 4 is 40.5 Å². The first-order valence-electron chi connectivity index (χ1n) is 29.3. The molecule has 414 valence electrons. The van der Waals surface area contributed by atoms with E-state index in [2.05, 4.69) is 220 Å². The fraction of sp³-hybridized carbons (Fsp3) is 0.297. The largest absolute Gasteiger partial charge is 0.496 e. The predicted molar refractivity (Wildman–Crippen MR) is 344 cm³/mol. The highest BCUT2D eigenvalue weighted by atomic mass is 16.5. The maximum absolute atomic E-state index is 10.1. The zero-order chi connectivity index (χ0) is 58.1. The molecule has 6 nitrogen and oxygen atoms in total. The Kier molecular flexibility index (Phi) is 24.9. The summed E-state index contributed by atoms with van der Waals surface area (Å²) in [7, 11) is 3.53. The Bertz CT molecular complexity index is 3540. The van der Waals surface area contributed by atoms with Gasteiger partial charge in [0.1, 0.15) is 5.75 Å². The third-order valence-corrected chi connectivity index (χ3v) is 13.9.